The zero-order chi connectivity index (χ0) is 48.9. The molecule has 0 aliphatic heterocycles. The van der Waals surface area contributed by atoms with E-state index in [1.165, 1.54) is 18.2 Å². The van der Waals surface area contributed by atoms with Gasteiger partial charge in [-0.15, -0.1) is 69.9 Å². The van der Waals surface area contributed by atoms with Gasteiger partial charge in [0.25, 0.3) is 11.8 Å². The van der Waals surface area contributed by atoms with Crippen LogP contribution < -0.4 is 20.1 Å². The van der Waals surface area contributed by atoms with Crippen molar-refractivity contribution in [1.82, 2.24) is 0 Å². The molecule has 14 nitrogen and oxygen atoms in total. The Balaban J connectivity index is 0.000000276. The molecule has 0 spiro atoms. The Morgan fingerprint density at radius 1 is 0.514 bits per heavy atom. The molecule has 6 aromatic carbocycles. The summed E-state index contributed by atoms with van der Waals surface area (Å²) in [5.41, 5.74) is 6.31. The van der Waals surface area contributed by atoms with Crippen LogP contribution in [0, 0.1) is 0 Å². The summed E-state index contributed by atoms with van der Waals surface area (Å²) >= 11 is 11.6. The molecule has 20 heteroatoms. The smallest absolute Gasteiger partial charge is 0.369 e. The Morgan fingerprint density at radius 3 is 1.40 bits per heavy atom. The standard InChI is InChI=1S/C26H21NO5S.C24H17NO5S.BBr3.2H2O/c1-31-18-10-11-19(22(15-18)32-2)16-6-5-7-17(14-16)25(28)27-21-9-4-3-8-20(21)23-12-13-24(33-23)26(29)30;26-16-8-9-17(20(27)13-16)14-4-3-5-15(12-14)23(28)25-19-7-2-1-6-18(19)21-10-11-22(31-21)24(29)30;2-1(3)4;;/h3-15H,1-2H3,(H,27,28)(H,29,30);1-13,26-27H,(H,25,28)(H,29,30);;2*1H2. The Labute approximate surface area is 434 Å². The average Bonchev–Trinajstić information content (AvgIpc) is 4.04. The molecule has 8 aromatic rings. The molecule has 0 atom stereocenters. The Hall–Kier alpha value is -6.78. The fraction of sp³-hybridized carbons (Fsp3) is 0.0400. The van der Waals surface area contributed by atoms with Crippen molar-refractivity contribution in [2.45, 2.75) is 0 Å². The topological polar surface area (TPSA) is 255 Å². The normalized spacial score (nSPS) is 10.0. The molecule has 0 saturated heterocycles. The number of carbonyl (C=O) groups is 4. The van der Waals surface area contributed by atoms with Gasteiger partial charge < -0.3 is 51.5 Å². The maximum Gasteiger partial charge on any atom is 0.369 e. The molecule has 360 valence electrons. The van der Waals surface area contributed by atoms with Gasteiger partial charge in [0.2, 0.25) is 0 Å². The number of ether oxygens (including phenoxy) is 2. The second-order valence-corrected chi connectivity index (χ2v) is 22.7. The third-order valence-corrected chi connectivity index (χ3v) is 12.0. The second-order valence-electron chi connectivity index (χ2n) is 14.1. The molecule has 2 heterocycles. The van der Waals surface area contributed by atoms with Crippen LogP contribution in [0.25, 0.3) is 43.1 Å². The first-order valence-electron chi connectivity index (χ1n) is 20.0. The van der Waals surface area contributed by atoms with Crippen molar-refractivity contribution < 1.29 is 60.0 Å². The monoisotopic (exact) mass is 1170 g/mol. The molecule has 2 aromatic heterocycles. The van der Waals surface area contributed by atoms with E-state index in [2.05, 4.69) is 57.9 Å². The number of halogens is 3. The molecule has 0 radical (unpaired) electrons. The van der Waals surface area contributed by atoms with E-state index in [0.717, 1.165) is 54.7 Å². The number of phenols is 2. The lowest BCUT2D eigenvalue weighted by Gasteiger charge is -2.13. The van der Waals surface area contributed by atoms with Crippen molar-refractivity contribution in [3.8, 4) is 66.1 Å². The molecule has 0 fully saturated rings. The number of phenolic OH excluding ortho intramolecular Hbond substituents is 2. The van der Waals surface area contributed by atoms with E-state index in [1.54, 1.807) is 99.1 Å². The minimum Gasteiger partial charge on any atom is -0.508 e. The quantitative estimate of drug-likeness (QED) is 0.0631. The fourth-order valence-corrected chi connectivity index (χ4v) is 8.42. The second kappa shape index (κ2) is 26.3. The molecule has 10 N–H and O–H groups in total. The number of aromatic hydroxyl groups is 2. The van der Waals surface area contributed by atoms with Crippen molar-refractivity contribution in [3.63, 3.8) is 0 Å². The summed E-state index contributed by atoms with van der Waals surface area (Å²) in [5.74, 6) is -1.40. The number of carbonyl (C=O) groups excluding carboxylic acids is 2. The number of thiophene rings is 2. The van der Waals surface area contributed by atoms with Crippen molar-refractivity contribution >= 4 is 108 Å². The van der Waals surface area contributed by atoms with Gasteiger partial charge in [-0.3, -0.25) is 9.59 Å². The predicted molar refractivity (Wildman–Crippen MR) is 289 cm³/mol. The van der Waals surface area contributed by atoms with Gasteiger partial charge >= 0.3 is 15.1 Å². The first-order valence-corrected chi connectivity index (χ1v) is 24.4. The number of rotatable bonds is 12. The zero-order valence-electron chi connectivity index (χ0n) is 36.8. The van der Waals surface area contributed by atoms with Gasteiger partial charge in [-0.2, -0.15) is 0 Å². The lowest BCUT2D eigenvalue weighted by molar-refractivity contribution is 0.0691. The maximum absolute atomic E-state index is 13.1. The van der Waals surface area contributed by atoms with Crippen molar-refractivity contribution in [2.24, 2.45) is 0 Å². The molecule has 70 heavy (non-hydrogen) atoms. The molecule has 0 aliphatic carbocycles. The summed E-state index contributed by atoms with van der Waals surface area (Å²) in [7, 11) is 3.18. The summed E-state index contributed by atoms with van der Waals surface area (Å²) in [6, 6.07) is 44.9. The SMILES string of the molecule is BrB(Br)Br.COc1ccc(-c2cccc(C(=O)Nc3ccccc3-c3ccc(C(=O)O)s3)c2)c(OC)c1.O.O.O=C(Nc1ccccc1-c1ccc(C(=O)O)s1)c1cccc(-c2ccc(O)cc2O)c1. The lowest BCUT2D eigenvalue weighted by Crippen LogP contribution is -2.12. The number of hydrogen-bond acceptors (Lipinski definition) is 10. The van der Waals surface area contributed by atoms with Crippen LogP contribution in [-0.4, -0.2) is 72.5 Å². The molecule has 2 amide bonds. The van der Waals surface area contributed by atoms with E-state index in [4.69, 9.17) is 9.47 Å². The summed E-state index contributed by atoms with van der Waals surface area (Å²) < 4.78 is 11.0. The Kier molecular flexibility index (Phi) is 20.9. The fourth-order valence-electron chi connectivity index (χ4n) is 6.66. The minimum absolute atomic E-state index is 0. The van der Waals surface area contributed by atoms with Gasteiger partial charge in [0.1, 0.15) is 32.8 Å². The molecule has 0 bridgehead atoms. The van der Waals surface area contributed by atoms with Crippen LogP contribution in [0.3, 0.4) is 0 Å². The van der Waals surface area contributed by atoms with Crippen LogP contribution in [0.4, 0.5) is 11.4 Å². The largest absolute Gasteiger partial charge is 0.508 e. The molecule has 0 saturated carbocycles. The molecule has 0 unspecified atom stereocenters. The Bertz CT molecular complexity index is 3110. The number of carboxylic acid groups (broad SMARTS) is 2. The number of methoxy groups -OCH3 is 2. The van der Waals surface area contributed by atoms with Crippen molar-refractivity contribution in [2.75, 3.05) is 24.9 Å². The van der Waals surface area contributed by atoms with Gasteiger partial charge in [-0.1, -0.05) is 60.7 Å². The highest BCUT2D eigenvalue weighted by Gasteiger charge is 2.17. The van der Waals surface area contributed by atoms with Gasteiger partial charge in [-0.05, 0) is 96.1 Å². The van der Waals surface area contributed by atoms with Crippen LogP contribution in [0.2, 0.25) is 0 Å². The minimum atomic E-state index is -0.993. The van der Waals surface area contributed by atoms with Gasteiger partial charge in [0, 0.05) is 66.6 Å². The van der Waals surface area contributed by atoms with Crippen molar-refractivity contribution in [1.29, 1.82) is 0 Å². The van der Waals surface area contributed by atoms with Crippen LogP contribution in [0.15, 0.2) is 158 Å². The highest BCUT2D eigenvalue weighted by atomic mass is 79.9. The van der Waals surface area contributed by atoms with Gasteiger partial charge in [0.15, 0.2) is 0 Å². The highest BCUT2D eigenvalue weighted by Crippen LogP contribution is 2.38. The van der Waals surface area contributed by atoms with Crippen molar-refractivity contribution in [3.05, 3.63) is 179 Å². The first-order chi connectivity index (χ1) is 32.6. The number of amides is 2. The van der Waals surface area contributed by atoms with E-state index in [0.29, 0.717) is 45.1 Å². The summed E-state index contributed by atoms with van der Waals surface area (Å²) in [6.07, 6.45) is 0. The molecular formula is C50H42BBr3N2O12S2. The highest BCUT2D eigenvalue weighted by molar-refractivity contribution is 9.69. The van der Waals surface area contributed by atoms with E-state index in [9.17, 15) is 39.6 Å². The average molecular weight is 1180 g/mol. The number of carboxylic acids is 2. The summed E-state index contributed by atoms with van der Waals surface area (Å²) in [4.78, 5) is 50.4. The van der Waals surface area contributed by atoms with E-state index in [-0.39, 0.29) is 47.2 Å². The number of aromatic carboxylic acids is 2. The summed E-state index contributed by atoms with van der Waals surface area (Å²) in [5, 5.41) is 43.8. The molecule has 0 aliphatic rings. The number of anilines is 2. The van der Waals surface area contributed by atoms with Crippen LogP contribution in [0.5, 0.6) is 23.0 Å². The Morgan fingerprint density at radius 2 is 0.971 bits per heavy atom. The summed E-state index contributed by atoms with van der Waals surface area (Å²) in [6.45, 7) is 0. The van der Waals surface area contributed by atoms with Crippen LogP contribution >= 0.6 is 69.9 Å². The van der Waals surface area contributed by atoms with Crippen LogP contribution in [0.1, 0.15) is 40.1 Å². The molecular weight excluding hydrogens is 1140 g/mol. The molecule has 8 rings (SSSR count). The van der Waals surface area contributed by atoms with Crippen LogP contribution in [-0.2, 0) is 0 Å². The van der Waals surface area contributed by atoms with E-state index < -0.39 is 11.9 Å². The third kappa shape index (κ3) is 14.6. The van der Waals surface area contributed by atoms with E-state index >= 15 is 0 Å². The number of benzene rings is 6. The third-order valence-electron chi connectivity index (χ3n) is 9.78. The first kappa shape index (κ1) is 55.8. The van der Waals surface area contributed by atoms with Gasteiger partial charge in [-0.25, -0.2) is 9.59 Å². The predicted octanol–water partition coefficient (Wildman–Crippen LogP) is 12.0. The maximum atomic E-state index is 13.1. The number of nitrogens with one attached hydrogen (secondary N) is 2. The lowest BCUT2D eigenvalue weighted by atomic mass is 10.0. The zero-order valence-corrected chi connectivity index (χ0v) is 43.2. The number of para-hydroxylation sites is 2. The number of hydrogen-bond donors (Lipinski definition) is 6. The van der Waals surface area contributed by atoms with E-state index in [1.807, 2.05) is 54.6 Å². The van der Waals surface area contributed by atoms with Gasteiger partial charge in [0.05, 0.1) is 14.2 Å².